The predicted molar refractivity (Wildman–Crippen MR) is 89.2 cm³/mol. The molecule has 1 amide bonds. The number of fused-ring (bicyclic) bond motifs is 1. The van der Waals surface area contributed by atoms with Crippen LogP contribution in [0.15, 0.2) is 21.9 Å². The Balaban J connectivity index is 1.75. The lowest BCUT2D eigenvalue weighted by atomic mass is 9.99. The van der Waals surface area contributed by atoms with Crippen LogP contribution in [0.25, 0.3) is 11.0 Å². The number of nitrogens with zero attached hydrogens (tertiary/aromatic N) is 3. The highest BCUT2D eigenvalue weighted by Crippen LogP contribution is 2.34. The van der Waals surface area contributed by atoms with Gasteiger partial charge >= 0.3 is 5.69 Å². The molecular weight excluding hydrogens is 308 g/mol. The summed E-state index contributed by atoms with van der Waals surface area (Å²) >= 11 is 0. The van der Waals surface area contributed by atoms with Gasteiger partial charge in [-0.25, -0.2) is 9.78 Å². The zero-order valence-corrected chi connectivity index (χ0v) is 13.6. The zero-order valence-electron chi connectivity index (χ0n) is 13.6. The maximum atomic E-state index is 12.7. The largest absolute Gasteiger partial charge is 0.339 e. The molecule has 2 aromatic heterocycles. The van der Waals surface area contributed by atoms with Crippen molar-refractivity contribution in [1.82, 2.24) is 19.4 Å². The summed E-state index contributed by atoms with van der Waals surface area (Å²) < 4.78 is 1.54. The van der Waals surface area contributed by atoms with Crippen molar-refractivity contribution in [2.75, 3.05) is 13.1 Å². The molecule has 0 aromatic carbocycles. The minimum absolute atomic E-state index is 0.0973. The first-order valence-electron chi connectivity index (χ1n) is 8.48. The topological polar surface area (TPSA) is 88.1 Å². The first-order chi connectivity index (χ1) is 11.5. The van der Waals surface area contributed by atoms with E-state index in [2.05, 4.69) is 16.9 Å². The number of carbonyl (C=O) groups is 1. The van der Waals surface area contributed by atoms with E-state index in [9.17, 15) is 14.4 Å². The summed E-state index contributed by atoms with van der Waals surface area (Å²) in [6.07, 6.45) is 5.30. The van der Waals surface area contributed by atoms with Crippen molar-refractivity contribution in [2.45, 2.75) is 38.6 Å². The van der Waals surface area contributed by atoms with Crippen LogP contribution < -0.4 is 11.2 Å². The van der Waals surface area contributed by atoms with E-state index >= 15 is 0 Å². The zero-order chi connectivity index (χ0) is 16.8. The number of amides is 1. The maximum absolute atomic E-state index is 12.7. The average molecular weight is 328 g/mol. The lowest BCUT2D eigenvalue weighted by Gasteiger charge is -2.30. The fourth-order valence-electron chi connectivity index (χ4n) is 3.32. The molecule has 2 fully saturated rings. The summed E-state index contributed by atoms with van der Waals surface area (Å²) in [7, 11) is 0. The second kappa shape index (κ2) is 5.58. The van der Waals surface area contributed by atoms with Crippen LogP contribution in [0.5, 0.6) is 0 Å². The molecule has 1 N–H and O–H groups in total. The smallest absolute Gasteiger partial charge is 0.330 e. The molecule has 4 rings (SSSR count). The molecule has 0 unspecified atom stereocenters. The summed E-state index contributed by atoms with van der Waals surface area (Å²) in [6, 6.07) is 1.68. The summed E-state index contributed by atoms with van der Waals surface area (Å²) in [4.78, 5) is 45.3. The average Bonchev–Trinajstić information content (AvgIpc) is 3.39. The highest BCUT2D eigenvalue weighted by molar-refractivity contribution is 5.96. The van der Waals surface area contributed by atoms with Gasteiger partial charge in [-0.15, -0.1) is 0 Å². The SMILES string of the molecule is CC1CCN(C(=O)c2cnc3c(c2)c(=O)[nH]c(=O)n3C2CC2)CC1. The predicted octanol–water partition coefficient (Wildman–Crippen LogP) is 1.29. The number of nitrogens with one attached hydrogen (secondary N) is 1. The van der Waals surface area contributed by atoms with Gasteiger partial charge < -0.3 is 4.90 Å². The number of aromatic nitrogens is 3. The second-order valence-electron chi connectivity index (χ2n) is 6.93. The van der Waals surface area contributed by atoms with Crippen molar-refractivity contribution in [3.63, 3.8) is 0 Å². The third-order valence-corrected chi connectivity index (χ3v) is 5.01. The quantitative estimate of drug-likeness (QED) is 0.900. The van der Waals surface area contributed by atoms with Crippen molar-refractivity contribution >= 4 is 16.9 Å². The molecule has 0 spiro atoms. The van der Waals surface area contributed by atoms with Gasteiger partial charge in [-0.1, -0.05) is 6.92 Å². The highest BCUT2D eigenvalue weighted by Gasteiger charge is 2.28. The first-order valence-corrected chi connectivity index (χ1v) is 8.48. The lowest BCUT2D eigenvalue weighted by Crippen LogP contribution is -2.38. The number of hydrogen-bond donors (Lipinski definition) is 1. The molecule has 126 valence electrons. The molecule has 1 aliphatic heterocycles. The van der Waals surface area contributed by atoms with Crippen LogP contribution in [0.4, 0.5) is 0 Å². The number of likely N-dealkylation sites (tertiary alicyclic amines) is 1. The second-order valence-corrected chi connectivity index (χ2v) is 6.93. The van der Waals surface area contributed by atoms with E-state index in [1.807, 2.05) is 4.90 Å². The van der Waals surface area contributed by atoms with Crippen LogP contribution >= 0.6 is 0 Å². The van der Waals surface area contributed by atoms with Crippen molar-refractivity contribution in [1.29, 1.82) is 0 Å². The number of H-pyrrole nitrogens is 1. The Morgan fingerprint density at radius 3 is 2.58 bits per heavy atom. The van der Waals surface area contributed by atoms with Crippen LogP contribution in [0.3, 0.4) is 0 Å². The van der Waals surface area contributed by atoms with Gasteiger partial charge in [0.15, 0.2) is 0 Å². The fourth-order valence-corrected chi connectivity index (χ4v) is 3.32. The van der Waals surface area contributed by atoms with Crippen LogP contribution in [-0.4, -0.2) is 38.4 Å². The third-order valence-electron chi connectivity index (χ3n) is 5.01. The number of aromatic amines is 1. The van der Waals surface area contributed by atoms with Crippen LogP contribution in [0.2, 0.25) is 0 Å². The molecule has 7 nitrogen and oxygen atoms in total. The first kappa shape index (κ1) is 15.1. The van der Waals surface area contributed by atoms with Crippen molar-refractivity contribution in [3.8, 4) is 0 Å². The van der Waals surface area contributed by atoms with Gasteiger partial charge in [-0.3, -0.25) is 19.1 Å². The number of piperidine rings is 1. The summed E-state index contributed by atoms with van der Waals surface area (Å²) in [5, 5.41) is 0.303. The van der Waals surface area contributed by atoms with Gasteiger partial charge in [-0.05, 0) is 37.7 Å². The number of pyridine rings is 1. The van der Waals surface area contributed by atoms with E-state index in [1.165, 1.54) is 10.8 Å². The molecule has 7 heteroatoms. The van der Waals surface area contributed by atoms with E-state index in [0.717, 1.165) is 38.8 Å². The van der Waals surface area contributed by atoms with E-state index in [0.29, 0.717) is 22.5 Å². The summed E-state index contributed by atoms with van der Waals surface area (Å²) in [5.74, 6) is 0.541. The summed E-state index contributed by atoms with van der Waals surface area (Å²) in [6.45, 7) is 3.65. The highest BCUT2D eigenvalue weighted by atomic mass is 16.2. The normalized spacial score (nSPS) is 19.0. The van der Waals surface area contributed by atoms with Crippen molar-refractivity contribution in [3.05, 3.63) is 38.7 Å². The van der Waals surface area contributed by atoms with E-state index in [4.69, 9.17) is 0 Å². The van der Waals surface area contributed by atoms with Gasteiger partial charge in [0.25, 0.3) is 11.5 Å². The standard InChI is InChI=1S/C17H20N4O3/c1-10-4-6-20(7-5-10)16(23)11-8-13-14(18-9-11)21(12-2-3-12)17(24)19-15(13)22/h8-10,12H,2-7H2,1H3,(H,19,22,24). The number of hydrogen-bond acceptors (Lipinski definition) is 4. The van der Waals surface area contributed by atoms with Gasteiger partial charge in [0.1, 0.15) is 5.65 Å². The Morgan fingerprint density at radius 1 is 1.21 bits per heavy atom. The van der Waals surface area contributed by atoms with Crippen molar-refractivity contribution < 1.29 is 4.79 Å². The van der Waals surface area contributed by atoms with E-state index in [1.54, 1.807) is 6.07 Å². The molecule has 0 radical (unpaired) electrons. The molecule has 1 saturated heterocycles. The number of rotatable bonds is 2. The third kappa shape index (κ3) is 2.53. The molecule has 3 heterocycles. The molecule has 1 aliphatic carbocycles. The minimum Gasteiger partial charge on any atom is -0.339 e. The fraction of sp³-hybridized carbons (Fsp3) is 0.529. The van der Waals surface area contributed by atoms with Gasteiger partial charge in [0.05, 0.1) is 10.9 Å². The molecule has 0 bridgehead atoms. The Labute approximate surface area is 138 Å². The summed E-state index contributed by atoms with van der Waals surface area (Å²) in [5.41, 5.74) is -0.133. The van der Waals surface area contributed by atoms with Crippen LogP contribution in [0, 0.1) is 5.92 Å². The maximum Gasteiger partial charge on any atom is 0.330 e. The Hall–Kier alpha value is -2.44. The minimum atomic E-state index is -0.485. The Morgan fingerprint density at radius 2 is 1.92 bits per heavy atom. The van der Waals surface area contributed by atoms with Gasteiger partial charge in [0.2, 0.25) is 0 Å². The Bertz CT molecular complexity index is 918. The van der Waals surface area contributed by atoms with Crippen molar-refractivity contribution in [2.24, 2.45) is 5.92 Å². The Kier molecular flexibility index (Phi) is 3.51. The molecule has 1 saturated carbocycles. The number of carbonyl (C=O) groups excluding carboxylic acids is 1. The van der Waals surface area contributed by atoms with Gasteiger partial charge in [-0.2, -0.15) is 0 Å². The lowest BCUT2D eigenvalue weighted by molar-refractivity contribution is 0.0697. The molecular formula is C17H20N4O3. The molecule has 24 heavy (non-hydrogen) atoms. The van der Waals surface area contributed by atoms with Gasteiger partial charge in [0, 0.05) is 25.3 Å². The van der Waals surface area contributed by atoms with Crippen LogP contribution in [-0.2, 0) is 0 Å². The van der Waals surface area contributed by atoms with E-state index in [-0.39, 0.29) is 11.9 Å². The van der Waals surface area contributed by atoms with E-state index < -0.39 is 11.2 Å². The molecule has 2 aromatic rings. The van der Waals surface area contributed by atoms with Crippen LogP contribution in [0.1, 0.15) is 49.0 Å². The monoisotopic (exact) mass is 328 g/mol. The molecule has 2 aliphatic rings. The molecule has 0 atom stereocenters.